The Bertz CT molecular complexity index is 168. The molecule has 2 N–H and O–H groups in total. The molecule has 0 fully saturated rings. The number of hydrogen-bond donors (Lipinski definition) is 2. The van der Waals surface area contributed by atoms with E-state index >= 15 is 0 Å². The van der Waals surface area contributed by atoms with Crippen molar-refractivity contribution in [3.63, 3.8) is 0 Å². The van der Waals surface area contributed by atoms with Crippen LogP contribution >= 0.6 is 0 Å². The second kappa shape index (κ2) is 28.1. The molecule has 0 aliphatic heterocycles. The standard InChI is InChI=1S/C10H21O3.C2H5O.CH2O3.Mg/c1-3-5-7-12-10(9-11)13-8-6-4-2;1-2-3;2-1(3)4;/h10H,3-9H2,1-2H3;2H2,1H3;(H2,2,3,4);/q2*-1;;+2. The Balaban J connectivity index is -0.000000152. The molecule has 0 heterocycles. The topological polar surface area (TPSA) is 122 Å². The molecule has 0 aromatic heterocycles. The minimum Gasteiger partial charge on any atom is -0.855 e. The summed E-state index contributed by atoms with van der Waals surface area (Å²) in [5.74, 6) is 0. The van der Waals surface area contributed by atoms with Crippen molar-refractivity contribution < 1.29 is 34.7 Å². The van der Waals surface area contributed by atoms with E-state index in [1.165, 1.54) is 0 Å². The Kier molecular flexibility index (Phi) is 38.7. The first-order valence-corrected chi connectivity index (χ1v) is 6.81. The summed E-state index contributed by atoms with van der Waals surface area (Å²) >= 11 is 0. The summed E-state index contributed by atoms with van der Waals surface area (Å²) in [6.07, 6.45) is 1.79. The van der Waals surface area contributed by atoms with Gasteiger partial charge < -0.3 is 29.9 Å². The van der Waals surface area contributed by atoms with Gasteiger partial charge in [-0.3, -0.25) is 0 Å². The van der Waals surface area contributed by atoms with Crippen LogP contribution in [0.5, 0.6) is 0 Å². The smallest absolute Gasteiger partial charge is 0.855 e. The predicted molar refractivity (Wildman–Crippen MR) is 77.3 cm³/mol. The van der Waals surface area contributed by atoms with Gasteiger partial charge in [0.25, 0.3) is 0 Å². The van der Waals surface area contributed by atoms with Crippen LogP contribution in [0.2, 0.25) is 0 Å². The van der Waals surface area contributed by atoms with E-state index in [1.54, 1.807) is 6.92 Å². The number of carbonyl (C=O) groups is 1. The second-order valence-corrected chi connectivity index (χ2v) is 3.62. The largest absolute Gasteiger partial charge is 2.00 e. The van der Waals surface area contributed by atoms with E-state index in [0.717, 1.165) is 25.7 Å². The van der Waals surface area contributed by atoms with Crippen LogP contribution in [0.15, 0.2) is 0 Å². The molecule has 0 amide bonds. The van der Waals surface area contributed by atoms with E-state index in [0.29, 0.717) is 13.2 Å². The summed E-state index contributed by atoms with van der Waals surface area (Å²) in [5, 5.41) is 33.4. The Labute approximate surface area is 143 Å². The van der Waals surface area contributed by atoms with E-state index in [1.807, 2.05) is 0 Å². The molecule has 0 radical (unpaired) electrons. The van der Waals surface area contributed by atoms with Gasteiger partial charge in [-0.1, -0.05) is 40.2 Å². The molecular weight excluding hydrogens is 292 g/mol. The van der Waals surface area contributed by atoms with Gasteiger partial charge in [-0.05, 0) is 12.8 Å². The van der Waals surface area contributed by atoms with E-state index < -0.39 is 12.4 Å². The fraction of sp³-hybridized carbons (Fsp3) is 0.923. The maximum absolute atomic E-state index is 10.6. The molecule has 0 aliphatic carbocycles. The van der Waals surface area contributed by atoms with Gasteiger partial charge >= 0.3 is 29.2 Å². The Morgan fingerprint density at radius 1 is 1.00 bits per heavy atom. The van der Waals surface area contributed by atoms with Gasteiger partial charge in [0.2, 0.25) is 0 Å². The molecule has 21 heavy (non-hydrogen) atoms. The van der Waals surface area contributed by atoms with Crippen LogP contribution in [-0.2, 0) is 9.47 Å². The van der Waals surface area contributed by atoms with Gasteiger partial charge in [-0.25, -0.2) is 4.79 Å². The van der Waals surface area contributed by atoms with Crippen molar-refractivity contribution in [1.82, 2.24) is 0 Å². The van der Waals surface area contributed by atoms with Crippen molar-refractivity contribution in [1.29, 1.82) is 0 Å². The average Bonchev–Trinajstić information content (AvgIpc) is 2.37. The normalized spacial score (nSPS) is 8.86. The third kappa shape index (κ3) is 45.0. The van der Waals surface area contributed by atoms with Crippen LogP contribution in [0, 0.1) is 0 Å². The van der Waals surface area contributed by atoms with E-state index in [2.05, 4.69) is 13.8 Å². The van der Waals surface area contributed by atoms with Crippen molar-refractivity contribution in [3.05, 3.63) is 0 Å². The van der Waals surface area contributed by atoms with Crippen molar-refractivity contribution in [3.8, 4) is 0 Å². The number of hydrogen-bond acceptors (Lipinski definition) is 5. The summed E-state index contributed by atoms with van der Waals surface area (Å²) in [6.45, 7) is 6.72. The zero-order valence-electron chi connectivity index (χ0n) is 13.4. The molecule has 0 saturated carbocycles. The first-order chi connectivity index (χ1) is 9.49. The number of ether oxygens (including phenoxy) is 2. The van der Waals surface area contributed by atoms with Gasteiger partial charge in [0.05, 0.1) is 0 Å². The fourth-order valence-electron chi connectivity index (χ4n) is 0.863. The number of carboxylic acid groups (broad SMARTS) is 2. The molecule has 0 saturated heterocycles. The van der Waals surface area contributed by atoms with Gasteiger partial charge in [-0.15, -0.1) is 6.61 Å². The molecule has 0 bridgehead atoms. The molecule has 7 nitrogen and oxygen atoms in total. The van der Waals surface area contributed by atoms with Gasteiger partial charge in [-0.2, -0.15) is 0 Å². The SMILES string of the molecule is CCCCOC(C[O-])OCCCC.CC[O-].O=C(O)O.[Mg+2]. The predicted octanol–water partition coefficient (Wildman–Crippen LogP) is 0.514. The van der Waals surface area contributed by atoms with Crippen molar-refractivity contribution >= 4 is 29.2 Å². The monoisotopic (exact) mass is 320 g/mol. The Morgan fingerprint density at radius 2 is 1.29 bits per heavy atom. The maximum atomic E-state index is 10.6. The summed E-state index contributed by atoms with van der Waals surface area (Å²) in [6, 6.07) is 0. The second-order valence-electron chi connectivity index (χ2n) is 3.62. The molecule has 0 spiro atoms. The Morgan fingerprint density at radius 3 is 1.48 bits per heavy atom. The van der Waals surface area contributed by atoms with E-state index in [-0.39, 0.29) is 36.3 Å². The first kappa shape index (κ1) is 29.0. The molecule has 0 aromatic rings. The van der Waals surface area contributed by atoms with Crippen LogP contribution < -0.4 is 10.2 Å². The number of unbranched alkanes of at least 4 members (excludes halogenated alkanes) is 2. The molecular formula is C13H28MgO7. The quantitative estimate of drug-likeness (QED) is 0.360. The van der Waals surface area contributed by atoms with Crippen LogP contribution in [-0.4, -0.2) is 72.1 Å². The van der Waals surface area contributed by atoms with Crippen LogP contribution in [0.3, 0.4) is 0 Å². The minimum absolute atomic E-state index is 0. The van der Waals surface area contributed by atoms with Crippen molar-refractivity contribution in [2.24, 2.45) is 0 Å². The third-order valence-corrected chi connectivity index (χ3v) is 1.74. The van der Waals surface area contributed by atoms with Crippen LogP contribution in [0.1, 0.15) is 46.5 Å². The molecule has 8 heteroatoms. The third-order valence-electron chi connectivity index (χ3n) is 1.74. The zero-order valence-corrected chi connectivity index (χ0v) is 14.8. The Hall–Kier alpha value is -0.124. The summed E-state index contributed by atoms with van der Waals surface area (Å²) in [7, 11) is 0. The van der Waals surface area contributed by atoms with Gasteiger partial charge in [0.15, 0.2) is 0 Å². The van der Waals surface area contributed by atoms with Crippen LogP contribution in [0.4, 0.5) is 4.79 Å². The van der Waals surface area contributed by atoms with Gasteiger partial charge in [0, 0.05) is 13.2 Å². The molecule has 0 aliphatic rings. The molecule has 0 rings (SSSR count). The van der Waals surface area contributed by atoms with Crippen LogP contribution in [0.25, 0.3) is 0 Å². The summed E-state index contributed by atoms with van der Waals surface area (Å²) in [5.41, 5.74) is 0. The first-order valence-electron chi connectivity index (χ1n) is 6.81. The maximum Gasteiger partial charge on any atom is 2.00 e. The van der Waals surface area contributed by atoms with Crippen molar-refractivity contribution in [2.45, 2.75) is 52.7 Å². The average molecular weight is 321 g/mol. The summed E-state index contributed by atoms with van der Waals surface area (Å²) in [4.78, 5) is 8.56. The summed E-state index contributed by atoms with van der Waals surface area (Å²) < 4.78 is 10.5. The number of rotatable bonds is 9. The van der Waals surface area contributed by atoms with E-state index in [9.17, 15) is 5.11 Å². The van der Waals surface area contributed by atoms with Gasteiger partial charge in [0.1, 0.15) is 6.29 Å². The molecule has 0 atom stereocenters. The van der Waals surface area contributed by atoms with Crippen molar-refractivity contribution in [2.75, 3.05) is 26.4 Å². The molecule has 0 unspecified atom stereocenters. The minimum atomic E-state index is -1.83. The zero-order chi connectivity index (χ0) is 16.2. The van der Waals surface area contributed by atoms with E-state index in [4.69, 9.17) is 29.6 Å². The fourth-order valence-corrected chi connectivity index (χ4v) is 0.863. The molecule has 124 valence electrons. The molecule has 0 aromatic carbocycles.